The van der Waals surface area contributed by atoms with E-state index in [9.17, 15) is 9.18 Å². The summed E-state index contributed by atoms with van der Waals surface area (Å²) < 4.78 is 19.1. The number of halogens is 2. The molecule has 0 saturated carbocycles. The van der Waals surface area contributed by atoms with Gasteiger partial charge in [-0.2, -0.15) is 0 Å². The number of alkyl halides is 1. The zero-order valence-corrected chi connectivity index (χ0v) is 19.6. The van der Waals surface area contributed by atoms with Crippen molar-refractivity contribution in [3.05, 3.63) is 76.6 Å². The van der Waals surface area contributed by atoms with Crippen LogP contribution in [0, 0.1) is 26.6 Å². The minimum Gasteiger partial charge on any atom is -0.465 e. The Morgan fingerprint density at radius 3 is 2.37 bits per heavy atom. The number of hydrogen-bond donors (Lipinski definition) is 0. The zero-order chi connectivity index (χ0) is 22.0. The maximum absolute atomic E-state index is 13.9. The maximum atomic E-state index is 13.9. The maximum Gasteiger partial charge on any atom is 0.324 e. The normalized spacial score (nSPS) is 11.9. The second-order valence-corrected chi connectivity index (χ2v) is 8.48. The van der Waals surface area contributed by atoms with Crippen LogP contribution in [0.15, 0.2) is 48.5 Å². The predicted octanol–water partition coefficient (Wildman–Crippen LogP) is 5.34. The van der Waals surface area contributed by atoms with E-state index in [0.717, 1.165) is 27.8 Å². The third-order valence-corrected chi connectivity index (χ3v) is 6.55. The summed E-state index contributed by atoms with van der Waals surface area (Å²) in [4.78, 5) is 11.7. The van der Waals surface area contributed by atoms with Crippen molar-refractivity contribution in [2.24, 2.45) is 0 Å². The lowest BCUT2D eigenvalue weighted by Gasteiger charge is -2.18. The molecule has 3 aromatic rings. The molecule has 0 fully saturated rings. The summed E-state index contributed by atoms with van der Waals surface area (Å²) in [6.45, 7) is 8.10. The van der Waals surface area contributed by atoms with Crippen molar-refractivity contribution in [3.63, 3.8) is 0 Å². The first-order valence-corrected chi connectivity index (χ1v) is 10.9. The molecule has 0 aliphatic carbocycles. The van der Waals surface area contributed by atoms with Gasteiger partial charge < -0.3 is 4.74 Å². The molecule has 0 heterocycles. The lowest BCUT2D eigenvalue weighted by atomic mass is 9.81. The zero-order valence-electron chi connectivity index (χ0n) is 18.0. The molecule has 0 aliphatic rings. The number of benzene rings is 3. The van der Waals surface area contributed by atoms with Crippen LogP contribution in [0.25, 0.3) is 22.3 Å². The van der Waals surface area contributed by atoms with Gasteiger partial charge in [-0.05, 0) is 84.8 Å². The fraction of sp³-hybridized carbons (Fsp3) is 0.240. The van der Waals surface area contributed by atoms with Crippen LogP contribution < -0.4 is 5.46 Å². The third-order valence-electron chi connectivity index (χ3n) is 5.65. The molecule has 0 aliphatic heterocycles. The first kappa shape index (κ1) is 22.3. The van der Waals surface area contributed by atoms with Gasteiger partial charge in [-0.1, -0.05) is 57.3 Å². The molecule has 0 bridgehead atoms. The Balaban J connectivity index is 2.23. The van der Waals surface area contributed by atoms with Crippen molar-refractivity contribution in [1.82, 2.24) is 0 Å². The Kier molecular flexibility index (Phi) is 6.82. The van der Waals surface area contributed by atoms with E-state index in [1.807, 2.05) is 24.3 Å². The largest absolute Gasteiger partial charge is 0.465 e. The molecule has 154 valence electrons. The molecule has 0 amide bonds. The summed E-state index contributed by atoms with van der Waals surface area (Å²) >= 11 is 3.47. The molecule has 2 nitrogen and oxygen atoms in total. The molecule has 0 aromatic heterocycles. The fourth-order valence-electron chi connectivity index (χ4n) is 3.60. The van der Waals surface area contributed by atoms with Gasteiger partial charge in [0, 0.05) is 0 Å². The van der Waals surface area contributed by atoms with Crippen LogP contribution in [0.3, 0.4) is 0 Å². The standard InChI is InChI=1S/C25H25BBrFO2/c1-5-30-25(29)24(27)18-7-10-20(19-9-6-14(2)23(26)16(19)4)21(13-18)17-8-11-22(28)15(3)12-17/h6-13,24H,5,26H2,1-4H3. The molecular formula is C25H25BBrFO2. The van der Waals surface area contributed by atoms with Gasteiger partial charge in [-0.25, -0.2) is 4.39 Å². The number of ether oxygens (including phenoxy) is 1. The molecule has 1 atom stereocenters. The highest BCUT2D eigenvalue weighted by Crippen LogP contribution is 2.38. The lowest BCUT2D eigenvalue weighted by Crippen LogP contribution is -2.13. The average Bonchev–Trinajstić information content (AvgIpc) is 2.73. The van der Waals surface area contributed by atoms with Gasteiger partial charge in [0.2, 0.25) is 0 Å². The van der Waals surface area contributed by atoms with Crippen LogP contribution >= 0.6 is 15.9 Å². The van der Waals surface area contributed by atoms with Crippen LogP contribution in [0.5, 0.6) is 0 Å². The van der Waals surface area contributed by atoms with Crippen LogP contribution in [0.2, 0.25) is 0 Å². The molecule has 5 heteroatoms. The first-order chi connectivity index (χ1) is 14.2. The van der Waals surface area contributed by atoms with Crippen LogP contribution in [-0.4, -0.2) is 20.4 Å². The highest BCUT2D eigenvalue weighted by molar-refractivity contribution is 9.09. The Labute approximate surface area is 187 Å². The Morgan fingerprint density at radius 1 is 1.00 bits per heavy atom. The number of esters is 1. The topological polar surface area (TPSA) is 26.3 Å². The smallest absolute Gasteiger partial charge is 0.324 e. The van der Waals surface area contributed by atoms with Gasteiger partial charge in [-0.3, -0.25) is 4.79 Å². The third kappa shape index (κ3) is 4.36. The molecule has 0 spiro atoms. The van der Waals surface area contributed by atoms with E-state index in [-0.39, 0.29) is 11.8 Å². The van der Waals surface area contributed by atoms with E-state index < -0.39 is 4.83 Å². The van der Waals surface area contributed by atoms with Gasteiger partial charge in [0.1, 0.15) is 18.5 Å². The molecule has 1 unspecified atom stereocenters. The molecule has 0 N–H and O–H groups in total. The Bertz CT molecular complexity index is 1110. The fourth-order valence-corrected chi connectivity index (χ4v) is 4.02. The quantitative estimate of drug-likeness (QED) is 0.288. The first-order valence-electron chi connectivity index (χ1n) is 10.0. The molecule has 0 radical (unpaired) electrons. The molecular weight excluding hydrogens is 442 g/mol. The van der Waals surface area contributed by atoms with Crippen molar-refractivity contribution in [2.75, 3.05) is 6.61 Å². The van der Waals surface area contributed by atoms with Crippen LogP contribution in [-0.2, 0) is 9.53 Å². The second kappa shape index (κ2) is 9.17. The van der Waals surface area contributed by atoms with E-state index in [2.05, 4.69) is 49.8 Å². The molecule has 3 aromatic carbocycles. The van der Waals surface area contributed by atoms with E-state index in [1.54, 1.807) is 19.9 Å². The van der Waals surface area contributed by atoms with E-state index in [4.69, 9.17) is 4.74 Å². The summed E-state index contributed by atoms with van der Waals surface area (Å²) in [7, 11) is 2.12. The molecule has 30 heavy (non-hydrogen) atoms. The van der Waals surface area contributed by atoms with Crippen molar-refractivity contribution in [2.45, 2.75) is 32.5 Å². The van der Waals surface area contributed by atoms with E-state index in [1.165, 1.54) is 22.7 Å². The Morgan fingerprint density at radius 2 is 1.70 bits per heavy atom. The van der Waals surface area contributed by atoms with Crippen molar-refractivity contribution >= 4 is 35.2 Å². The SMILES string of the molecule is Bc1c(C)ccc(-c2ccc(C(Br)C(=O)OCC)cc2-c2ccc(F)c(C)c2)c1C. The summed E-state index contributed by atoms with van der Waals surface area (Å²) in [5.41, 5.74) is 9.14. The van der Waals surface area contributed by atoms with Crippen molar-refractivity contribution < 1.29 is 13.9 Å². The van der Waals surface area contributed by atoms with Crippen LogP contribution in [0.4, 0.5) is 4.39 Å². The monoisotopic (exact) mass is 466 g/mol. The summed E-state index contributed by atoms with van der Waals surface area (Å²) in [5, 5.41) is 0. The van der Waals surface area contributed by atoms with Crippen LogP contribution in [0.1, 0.15) is 34.0 Å². The van der Waals surface area contributed by atoms with E-state index >= 15 is 0 Å². The lowest BCUT2D eigenvalue weighted by molar-refractivity contribution is -0.142. The highest BCUT2D eigenvalue weighted by Gasteiger charge is 2.21. The van der Waals surface area contributed by atoms with Gasteiger partial charge in [0.05, 0.1) is 6.61 Å². The minimum atomic E-state index is -0.562. The molecule has 3 rings (SSSR count). The number of hydrogen-bond acceptors (Lipinski definition) is 2. The van der Waals surface area contributed by atoms with E-state index in [0.29, 0.717) is 12.2 Å². The van der Waals surface area contributed by atoms with Gasteiger partial charge in [0.25, 0.3) is 0 Å². The van der Waals surface area contributed by atoms with Gasteiger partial charge in [0.15, 0.2) is 0 Å². The Hall–Kier alpha value is -2.40. The average molecular weight is 467 g/mol. The number of aryl methyl sites for hydroxylation is 2. The molecule has 0 saturated heterocycles. The van der Waals surface area contributed by atoms with Crippen molar-refractivity contribution in [3.8, 4) is 22.3 Å². The number of carbonyl (C=O) groups is 1. The van der Waals surface area contributed by atoms with Gasteiger partial charge >= 0.3 is 5.97 Å². The number of carbonyl (C=O) groups excluding carboxylic acids is 1. The minimum absolute atomic E-state index is 0.233. The number of rotatable bonds is 5. The summed E-state index contributed by atoms with van der Waals surface area (Å²) in [6, 6.07) is 15.4. The summed E-state index contributed by atoms with van der Waals surface area (Å²) in [5.74, 6) is -0.558. The summed E-state index contributed by atoms with van der Waals surface area (Å²) in [6.07, 6.45) is 0. The van der Waals surface area contributed by atoms with Crippen molar-refractivity contribution in [1.29, 1.82) is 0 Å². The second-order valence-electron chi connectivity index (χ2n) is 7.56. The highest BCUT2D eigenvalue weighted by atomic mass is 79.9. The predicted molar refractivity (Wildman–Crippen MR) is 128 cm³/mol. The van der Waals surface area contributed by atoms with Gasteiger partial charge in [-0.15, -0.1) is 0 Å².